The predicted molar refractivity (Wildman–Crippen MR) is 37.7 cm³/mol. The average Bonchev–Trinajstić information content (AvgIpc) is 1.60. The van der Waals surface area contributed by atoms with Crippen LogP contribution < -0.4 is 0 Å². The SMILES string of the molecule is C=C[SiH3].O=S(=O)(O)C(F)(F)F. The van der Waals surface area contributed by atoms with Crippen LogP contribution in [0.1, 0.15) is 0 Å². The van der Waals surface area contributed by atoms with Crippen molar-refractivity contribution in [1.29, 1.82) is 0 Å². The van der Waals surface area contributed by atoms with E-state index in [0.29, 0.717) is 0 Å². The monoisotopic (exact) mass is 208 g/mol. The molecule has 0 unspecified atom stereocenters. The first-order valence-corrected chi connectivity index (χ1v) is 4.87. The summed E-state index contributed by atoms with van der Waals surface area (Å²) in [5, 5.41) is 0. The lowest BCUT2D eigenvalue weighted by Crippen LogP contribution is -2.21. The lowest BCUT2D eigenvalue weighted by molar-refractivity contribution is -0.0510. The van der Waals surface area contributed by atoms with Crippen LogP contribution in [0.4, 0.5) is 13.2 Å². The van der Waals surface area contributed by atoms with Crippen LogP contribution >= 0.6 is 0 Å². The third-order valence-corrected chi connectivity index (χ3v) is 0.877. The summed E-state index contributed by atoms with van der Waals surface area (Å²) in [7, 11) is -4.71. The summed E-state index contributed by atoms with van der Waals surface area (Å²) in [6.45, 7) is 3.42. The topological polar surface area (TPSA) is 54.4 Å². The minimum atomic E-state index is -5.84. The second kappa shape index (κ2) is 4.52. The van der Waals surface area contributed by atoms with Gasteiger partial charge in [0.05, 0.1) is 0 Å². The highest BCUT2D eigenvalue weighted by Crippen LogP contribution is 2.20. The van der Waals surface area contributed by atoms with Crippen molar-refractivity contribution >= 4 is 20.4 Å². The molecule has 0 aliphatic heterocycles. The first-order chi connectivity index (χ1) is 4.66. The fourth-order valence-corrected chi connectivity index (χ4v) is 0. The molecule has 0 atom stereocenters. The summed E-state index contributed by atoms with van der Waals surface area (Å²) in [5.41, 5.74) is -3.65. The highest BCUT2D eigenvalue weighted by molar-refractivity contribution is 7.86. The fraction of sp³-hybridized carbons (Fsp3) is 0.333. The third-order valence-electron chi connectivity index (χ3n) is 0.292. The fourth-order valence-electron chi connectivity index (χ4n) is 0. The minimum Gasteiger partial charge on any atom is -0.279 e. The molecule has 0 saturated carbocycles. The number of alkyl halides is 3. The molecule has 0 fully saturated rings. The van der Waals surface area contributed by atoms with Crippen molar-refractivity contribution < 1.29 is 26.1 Å². The van der Waals surface area contributed by atoms with Gasteiger partial charge in [0.1, 0.15) is 0 Å². The zero-order valence-electron chi connectivity index (χ0n) is 5.59. The van der Waals surface area contributed by atoms with Crippen molar-refractivity contribution in [2.45, 2.75) is 5.51 Å². The maximum atomic E-state index is 10.7. The molecular weight excluding hydrogens is 201 g/mol. The van der Waals surface area contributed by atoms with Gasteiger partial charge in [0.2, 0.25) is 0 Å². The Morgan fingerprint density at radius 2 is 1.55 bits per heavy atom. The molecule has 0 aliphatic rings. The Hall–Kier alpha value is -0.343. The van der Waals surface area contributed by atoms with Gasteiger partial charge < -0.3 is 0 Å². The van der Waals surface area contributed by atoms with E-state index in [1.807, 2.05) is 5.70 Å². The molecule has 0 saturated heterocycles. The molecule has 1 N–H and O–H groups in total. The van der Waals surface area contributed by atoms with E-state index in [1.54, 1.807) is 0 Å². The van der Waals surface area contributed by atoms with Gasteiger partial charge in [-0.05, 0) is 0 Å². The van der Waals surface area contributed by atoms with Crippen LogP contribution in [0.15, 0.2) is 12.3 Å². The Morgan fingerprint density at radius 3 is 1.55 bits per heavy atom. The van der Waals surface area contributed by atoms with Gasteiger partial charge in [0.15, 0.2) is 0 Å². The number of rotatable bonds is 0. The average molecular weight is 208 g/mol. The molecule has 68 valence electrons. The van der Waals surface area contributed by atoms with E-state index in [1.165, 1.54) is 0 Å². The lowest BCUT2D eigenvalue weighted by Gasteiger charge is -1.97. The highest BCUT2D eigenvalue weighted by Gasteiger charge is 2.44. The molecule has 0 spiro atoms. The summed E-state index contributed by atoms with van der Waals surface area (Å²) in [6, 6.07) is 0. The second-order valence-electron chi connectivity index (χ2n) is 1.33. The van der Waals surface area contributed by atoms with Crippen LogP contribution in [-0.4, -0.2) is 28.7 Å². The van der Waals surface area contributed by atoms with Crippen LogP contribution in [0.3, 0.4) is 0 Å². The third kappa shape index (κ3) is 7.55. The summed E-state index contributed by atoms with van der Waals surface area (Å²) >= 11 is 0. The van der Waals surface area contributed by atoms with Gasteiger partial charge in [0, 0.05) is 10.2 Å². The Kier molecular flexibility index (Phi) is 5.45. The van der Waals surface area contributed by atoms with Crippen molar-refractivity contribution in [2.75, 3.05) is 0 Å². The van der Waals surface area contributed by atoms with Crippen LogP contribution in [0.5, 0.6) is 0 Å². The maximum absolute atomic E-state index is 10.7. The summed E-state index contributed by atoms with van der Waals surface area (Å²) in [6.07, 6.45) is 0. The van der Waals surface area contributed by atoms with Gasteiger partial charge in [-0.3, -0.25) is 4.55 Å². The predicted octanol–water partition coefficient (Wildman–Crippen LogP) is -0.111. The van der Waals surface area contributed by atoms with E-state index in [9.17, 15) is 13.2 Å². The van der Waals surface area contributed by atoms with Crippen LogP contribution in [0, 0.1) is 0 Å². The van der Waals surface area contributed by atoms with E-state index < -0.39 is 15.6 Å². The van der Waals surface area contributed by atoms with Crippen molar-refractivity contribution in [1.82, 2.24) is 0 Å². The summed E-state index contributed by atoms with van der Waals surface area (Å²) in [5.74, 6) is 0. The van der Waals surface area contributed by atoms with Gasteiger partial charge >= 0.3 is 15.6 Å². The molecule has 0 radical (unpaired) electrons. The number of hydrogen-bond acceptors (Lipinski definition) is 2. The Balaban J connectivity index is 0. The van der Waals surface area contributed by atoms with E-state index in [0.717, 1.165) is 10.2 Å². The zero-order chi connectivity index (χ0) is 9.71. The molecule has 0 amide bonds. The molecule has 11 heavy (non-hydrogen) atoms. The van der Waals surface area contributed by atoms with Gasteiger partial charge in [0.25, 0.3) is 0 Å². The number of halogens is 3. The lowest BCUT2D eigenvalue weighted by atomic mass is 11.3. The molecule has 0 aliphatic carbocycles. The molecular formula is C3H7F3O3SSi. The molecule has 3 nitrogen and oxygen atoms in total. The van der Waals surface area contributed by atoms with Gasteiger partial charge in [-0.2, -0.15) is 21.6 Å². The van der Waals surface area contributed by atoms with Crippen molar-refractivity contribution in [3.05, 3.63) is 12.3 Å². The standard InChI is InChI=1S/C2H6Si.CHF3O3S/c1-2-3;2-1(3,4)8(5,6)7/h2H,1H2,3H3;(H,5,6,7). The molecule has 0 aromatic heterocycles. The quantitative estimate of drug-likeness (QED) is 0.343. The van der Waals surface area contributed by atoms with Gasteiger partial charge in [-0.25, -0.2) is 0 Å². The smallest absolute Gasteiger partial charge is 0.279 e. The van der Waals surface area contributed by atoms with E-state index >= 15 is 0 Å². The normalized spacial score (nSPS) is 11.6. The minimum absolute atomic E-state index is 1.13. The summed E-state index contributed by atoms with van der Waals surface area (Å²) < 4.78 is 57.5. The van der Waals surface area contributed by atoms with Crippen molar-refractivity contribution in [3.63, 3.8) is 0 Å². The van der Waals surface area contributed by atoms with E-state index in [4.69, 9.17) is 13.0 Å². The molecule has 0 bridgehead atoms. The largest absolute Gasteiger partial charge is 0.522 e. The Bertz CT molecular complexity index is 206. The molecule has 0 aromatic rings. The van der Waals surface area contributed by atoms with Crippen LogP contribution in [0.2, 0.25) is 0 Å². The summed E-state index contributed by atoms with van der Waals surface area (Å²) in [4.78, 5) is 0. The molecule has 8 heteroatoms. The maximum Gasteiger partial charge on any atom is 0.522 e. The van der Waals surface area contributed by atoms with Gasteiger partial charge in [-0.15, -0.1) is 12.3 Å². The Labute approximate surface area is 65.1 Å². The van der Waals surface area contributed by atoms with Crippen LogP contribution in [0.25, 0.3) is 0 Å². The van der Waals surface area contributed by atoms with E-state index in [-0.39, 0.29) is 0 Å². The van der Waals surface area contributed by atoms with Crippen LogP contribution in [-0.2, 0) is 10.1 Å². The first-order valence-electron chi connectivity index (χ1n) is 2.27. The second-order valence-corrected chi connectivity index (χ2v) is 3.56. The Morgan fingerprint density at radius 1 is 1.45 bits per heavy atom. The van der Waals surface area contributed by atoms with Crippen molar-refractivity contribution in [2.24, 2.45) is 0 Å². The molecule has 0 heterocycles. The van der Waals surface area contributed by atoms with Gasteiger partial charge in [-0.1, -0.05) is 0 Å². The number of hydrogen-bond donors (Lipinski definition) is 1. The van der Waals surface area contributed by atoms with Crippen molar-refractivity contribution in [3.8, 4) is 0 Å². The highest BCUT2D eigenvalue weighted by atomic mass is 32.2. The first kappa shape index (κ1) is 13.3. The molecule has 0 rings (SSSR count). The molecule has 0 aromatic carbocycles. The zero-order valence-corrected chi connectivity index (χ0v) is 8.41. The van der Waals surface area contributed by atoms with E-state index in [2.05, 4.69) is 6.58 Å².